The van der Waals surface area contributed by atoms with Gasteiger partial charge in [0.1, 0.15) is 17.5 Å². The average Bonchev–Trinajstić information content (AvgIpc) is 2.70. The molecule has 1 amide bonds. The number of anilines is 1. The molecule has 1 saturated heterocycles. The average molecular weight is 426 g/mol. The minimum atomic E-state index is -0.251. The number of hydrogen-bond acceptors (Lipinski definition) is 5. The maximum atomic E-state index is 12.6. The van der Waals surface area contributed by atoms with Gasteiger partial charge in [0.2, 0.25) is 0 Å². The molecule has 3 rings (SSSR count). The van der Waals surface area contributed by atoms with Crippen LogP contribution in [0.25, 0.3) is 0 Å². The molecule has 0 aliphatic carbocycles. The quantitative estimate of drug-likeness (QED) is 0.588. The van der Waals surface area contributed by atoms with Gasteiger partial charge in [-0.3, -0.25) is 9.69 Å². The molecular weight excluding hydrogens is 406 g/mol. The third-order valence-electron chi connectivity index (χ3n) is 4.35. The number of benzene rings is 1. The molecule has 2 aromatic rings. The lowest BCUT2D eigenvalue weighted by molar-refractivity contribution is -0.128. The molecule has 2 heterocycles. The Kier molecular flexibility index (Phi) is 6.58. The Morgan fingerprint density at radius 3 is 2.63 bits per heavy atom. The van der Waals surface area contributed by atoms with Crippen LogP contribution in [0.15, 0.2) is 64.9 Å². The number of nitriles is 1. The second-order valence-corrected chi connectivity index (χ2v) is 7.14. The molecule has 0 bridgehead atoms. The van der Waals surface area contributed by atoms with Gasteiger partial charge in [-0.2, -0.15) is 5.26 Å². The molecule has 0 spiro atoms. The Morgan fingerprint density at radius 1 is 1.22 bits per heavy atom. The summed E-state index contributed by atoms with van der Waals surface area (Å²) in [5.74, 6) is 0.317. The van der Waals surface area contributed by atoms with Crippen LogP contribution >= 0.6 is 15.9 Å². The predicted octanol–water partition coefficient (Wildman–Crippen LogP) is 3.01. The van der Waals surface area contributed by atoms with Crippen molar-refractivity contribution in [2.24, 2.45) is 0 Å². The molecule has 0 unspecified atom stereocenters. The summed E-state index contributed by atoms with van der Waals surface area (Å²) >= 11 is 3.36. The number of nitrogens with zero attached hydrogens (tertiary/aromatic N) is 4. The minimum Gasteiger partial charge on any atom is -0.345 e. The number of halogens is 1. The summed E-state index contributed by atoms with van der Waals surface area (Å²) in [6.07, 6.45) is 3.06. The second-order valence-electron chi connectivity index (χ2n) is 6.23. The first-order valence-electron chi connectivity index (χ1n) is 8.69. The van der Waals surface area contributed by atoms with Crippen molar-refractivity contribution in [3.8, 4) is 6.07 Å². The van der Waals surface area contributed by atoms with Crippen LogP contribution in [0.5, 0.6) is 0 Å². The highest BCUT2D eigenvalue weighted by atomic mass is 79.9. The number of pyridine rings is 1. The molecule has 1 aromatic carbocycles. The third-order valence-corrected chi connectivity index (χ3v) is 4.84. The van der Waals surface area contributed by atoms with Gasteiger partial charge in [0, 0.05) is 49.6 Å². The number of carbonyl (C=O) groups is 1. The first-order chi connectivity index (χ1) is 13.2. The molecule has 1 aromatic heterocycles. The number of amides is 1. The zero-order valence-electron chi connectivity index (χ0n) is 14.8. The van der Waals surface area contributed by atoms with E-state index < -0.39 is 0 Å². The van der Waals surface area contributed by atoms with Gasteiger partial charge in [0.25, 0.3) is 5.91 Å². The highest BCUT2D eigenvalue weighted by Crippen LogP contribution is 2.14. The molecular formula is C20H20BrN5O. The Bertz CT molecular complexity index is 854. The molecule has 0 saturated carbocycles. The van der Waals surface area contributed by atoms with E-state index in [2.05, 4.69) is 43.3 Å². The van der Waals surface area contributed by atoms with Gasteiger partial charge in [-0.25, -0.2) is 4.98 Å². The van der Waals surface area contributed by atoms with E-state index in [1.54, 1.807) is 23.2 Å². The zero-order valence-corrected chi connectivity index (χ0v) is 16.4. The summed E-state index contributed by atoms with van der Waals surface area (Å²) in [7, 11) is 0. The van der Waals surface area contributed by atoms with Crippen LogP contribution in [-0.2, 0) is 11.3 Å². The lowest BCUT2D eigenvalue weighted by Gasteiger charge is -2.34. The van der Waals surface area contributed by atoms with Gasteiger partial charge in [-0.15, -0.1) is 0 Å². The van der Waals surface area contributed by atoms with Crippen LogP contribution < -0.4 is 5.32 Å². The highest BCUT2D eigenvalue weighted by molar-refractivity contribution is 9.10. The Balaban J connectivity index is 1.55. The zero-order chi connectivity index (χ0) is 19.1. The number of nitrogens with one attached hydrogen (secondary N) is 1. The van der Waals surface area contributed by atoms with E-state index in [1.807, 2.05) is 24.3 Å². The summed E-state index contributed by atoms with van der Waals surface area (Å²) in [4.78, 5) is 20.8. The van der Waals surface area contributed by atoms with Crippen LogP contribution in [0.4, 0.5) is 5.82 Å². The maximum Gasteiger partial charge on any atom is 0.266 e. The fourth-order valence-corrected chi connectivity index (χ4v) is 3.23. The van der Waals surface area contributed by atoms with Crippen molar-refractivity contribution in [2.75, 3.05) is 31.5 Å². The van der Waals surface area contributed by atoms with E-state index in [0.29, 0.717) is 18.9 Å². The Morgan fingerprint density at radius 2 is 1.96 bits per heavy atom. The van der Waals surface area contributed by atoms with Crippen LogP contribution in [0.2, 0.25) is 0 Å². The summed E-state index contributed by atoms with van der Waals surface area (Å²) < 4.78 is 0.868. The van der Waals surface area contributed by atoms with Crippen LogP contribution in [0.1, 0.15) is 5.56 Å². The fourth-order valence-electron chi connectivity index (χ4n) is 2.89. The number of aromatic nitrogens is 1. The van der Waals surface area contributed by atoms with E-state index in [4.69, 9.17) is 0 Å². The van der Waals surface area contributed by atoms with Crippen molar-refractivity contribution < 1.29 is 4.79 Å². The van der Waals surface area contributed by atoms with Crippen molar-refractivity contribution >= 4 is 27.7 Å². The van der Waals surface area contributed by atoms with E-state index in [1.165, 1.54) is 11.8 Å². The van der Waals surface area contributed by atoms with Gasteiger partial charge >= 0.3 is 0 Å². The molecule has 0 radical (unpaired) electrons. The minimum absolute atomic E-state index is 0.0771. The van der Waals surface area contributed by atoms with E-state index >= 15 is 0 Å². The number of rotatable bonds is 5. The molecule has 27 heavy (non-hydrogen) atoms. The molecule has 1 aliphatic heterocycles. The van der Waals surface area contributed by atoms with Crippen molar-refractivity contribution in [1.29, 1.82) is 5.26 Å². The lowest BCUT2D eigenvalue weighted by atomic mass is 10.2. The van der Waals surface area contributed by atoms with E-state index in [9.17, 15) is 10.1 Å². The smallest absolute Gasteiger partial charge is 0.266 e. The monoisotopic (exact) mass is 425 g/mol. The Hall–Kier alpha value is -2.69. The maximum absolute atomic E-state index is 12.6. The molecule has 0 atom stereocenters. The standard InChI is InChI=1S/C20H20BrN5O/c21-18-6-7-23-19(12-18)24-14-17(13-22)20(27)26-10-8-25(9-11-26)15-16-4-2-1-3-5-16/h1-7,12,14H,8-11,15H2,(H,23,24)/b17-14-. The largest absolute Gasteiger partial charge is 0.345 e. The molecule has 1 fully saturated rings. The highest BCUT2D eigenvalue weighted by Gasteiger charge is 2.23. The summed E-state index contributed by atoms with van der Waals surface area (Å²) in [5, 5.41) is 12.3. The molecule has 1 aliphatic rings. The lowest BCUT2D eigenvalue weighted by Crippen LogP contribution is -2.48. The molecule has 138 valence electrons. The van der Waals surface area contributed by atoms with Crippen LogP contribution in [0, 0.1) is 11.3 Å². The summed E-state index contributed by atoms with van der Waals surface area (Å²) in [6.45, 7) is 3.68. The molecule has 6 nitrogen and oxygen atoms in total. The second kappa shape index (κ2) is 9.31. The van der Waals surface area contributed by atoms with E-state index in [-0.39, 0.29) is 11.5 Å². The summed E-state index contributed by atoms with van der Waals surface area (Å²) in [5.41, 5.74) is 1.34. The van der Waals surface area contributed by atoms with Crippen LogP contribution in [-0.4, -0.2) is 46.9 Å². The first kappa shape index (κ1) is 19.1. The third kappa shape index (κ3) is 5.39. The van der Waals surface area contributed by atoms with Gasteiger partial charge in [-0.1, -0.05) is 46.3 Å². The number of carbonyl (C=O) groups excluding carboxylic acids is 1. The van der Waals surface area contributed by atoms with E-state index in [0.717, 1.165) is 24.1 Å². The summed E-state index contributed by atoms with van der Waals surface area (Å²) in [6, 6.07) is 15.9. The molecule has 7 heteroatoms. The van der Waals surface area contributed by atoms with Crippen LogP contribution in [0.3, 0.4) is 0 Å². The van der Waals surface area contributed by atoms with Crippen molar-refractivity contribution in [2.45, 2.75) is 6.54 Å². The molecule has 1 N–H and O–H groups in total. The van der Waals surface area contributed by atoms with Gasteiger partial charge < -0.3 is 10.2 Å². The number of piperazine rings is 1. The fraction of sp³-hybridized carbons (Fsp3) is 0.250. The van der Waals surface area contributed by atoms with Gasteiger partial charge in [0.05, 0.1) is 0 Å². The number of hydrogen-bond donors (Lipinski definition) is 1. The predicted molar refractivity (Wildman–Crippen MR) is 108 cm³/mol. The Labute approximate surface area is 167 Å². The van der Waals surface area contributed by atoms with Gasteiger partial charge in [-0.05, 0) is 17.7 Å². The normalized spacial score (nSPS) is 15.3. The van der Waals surface area contributed by atoms with Crippen molar-refractivity contribution in [3.63, 3.8) is 0 Å². The first-order valence-corrected chi connectivity index (χ1v) is 9.49. The van der Waals surface area contributed by atoms with Crippen molar-refractivity contribution in [3.05, 3.63) is 70.5 Å². The van der Waals surface area contributed by atoms with Gasteiger partial charge in [0.15, 0.2) is 0 Å². The SMILES string of the molecule is N#C/C(=C/Nc1cc(Br)ccn1)C(=O)N1CCN(Cc2ccccc2)CC1. The topological polar surface area (TPSA) is 72.3 Å². The van der Waals surface area contributed by atoms with Crippen molar-refractivity contribution in [1.82, 2.24) is 14.8 Å².